The molecule has 0 aromatic heterocycles. The lowest BCUT2D eigenvalue weighted by atomic mass is 10.1. The maximum atomic E-state index is 10.6. The van der Waals surface area contributed by atoms with Crippen LogP contribution in [0.4, 0.5) is 11.4 Å². The SMILES string of the molecule is C#CCC(CC)Nc1cccc([N+](=O)[O-])c1. The van der Waals surface area contributed by atoms with Crippen molar-refractivity contribution in [3.8, 4) is 12.3 Å². The van der Waals surface area contributed by atoms with Gasteiger partial charge in [0.2, 0.25) is 0 Å². The lowest BCUT2D eigenvalue weighted by Crippen LogP contribution is -2.17. The van der Waals surface area contributed by atoms with Crippen molar-refractivity contribution in [1.29, 1.82) is 0 Å². The number of nitrogens with one attached hydrogen (secondary N) is 1. The Bertz CT molecular complexity index is 410. The number of hydrogen-bond donors (Lipinski definition) is 1. The standard InChI is InChI=1S/C12H14N2O2/c1-3-6-10(4-2)13-11-7-5-8-12(9-11)14(15)16/h1,5,7-10,13H,4,6H2,2H3. The van der Waals surface area contributed by atoms with Crippen LogP contribution in [0.25, 0.3) is 0 Å². The third-order valence-electron chi connectivity index (χ3n) is 2.28. The number of nitro groups is 1. The Balaban J connectivity index is 2.77. The molecule has 16 heavy (non-hydrogen) atoms. The fourth-order valence-electron chi connectivity index (χ4n) is 1.38. The zero-order valence-electron chi connectivity index (χ0n) is 9.14. The van der Waals surface area contributed by atoms with Crippen LogP contribution in [0.15, 0.2) is 24.3 Å². The summed E-state index contributed by atoms with van der Waals surface area (Å²) in [6.45, 7) is 2.02. The number of benzene rings is 1. The number of hydrogen-bond acceptors (Lipinski definition) is 3. The summed E-state index contributed by atoms with van der Waals surface area (Å²) in [5.41, 5.74) is 0.817. The number of rotatable bonds is 5. The van der Waals surface area contributed by atoms with E-state index < -0.39 is 4.92 Å². The Morgan fingerprint density at radius 1 is 1.62 bits per heavy atom. The van der Waals surface area contributed by atoms with E-state index in [2.05, 4.69) is 11.2 Å². The van der Waals surface area contributed by atoms with Crippen molar-refractivity contribution in [2.45, 2.75) is 25.8 Å². The Labute approximate surface area is 94.8 Å². The van der Waals surface area contributed by atoms with Gasteiger partial charge in [0.15, 0.2) is 0 Å². The monoisotopic (exact) mass is 218 g/mol. The molecule has 1 N–H and O–H groups in total. The van der Waals surface area contributed by atoms with Crippen molar-refractivity contribution in [2.24, 2.45) is 0 Å². The van der Waals surface area contributed by atoms with Crippen LogP contribution >= 0.6 is 0 Å². The van der Waals surface area contributed by atoms with Gasteiger partial charge in [-0.3, -0.25) is 10.1 Å². The topological polar surface area (TPSA) is 55.2 Å². The summed E-state index contributed by atoms with van der Waals surface area (Å²) < 4.78 is 0. The van der Waals surface area contributed by atoms with E-state index in [0.717, 1.165) is 12.1 Å². The van der Waals surface area contributed by atoms with Crippen molar-refractivity contribution >= 4 is 11.4 Å². The zero-order chi connectivity index (χ0) is 12.0. The van der Waals surface area contributed by atoms with Gasteiger partial charge < -0.3 is 5.32 Å². The van der Waals surface area contributed by atoms with Crippen LogP contribution in [-0.2, 0) is 0 Å². The first-order chi connectivity index (χ1) is 7.67. The molecule has 1 unspecified atom stereocenters. The molecule has 0 saturated carbocycles. The minimum Gasteiger partial charge on any atom is -0.381 e. The van der Waals surface area contributed by atoms with Gasteiger partial charge in [-0.15, -0.1) is 12.3 Å². The summed E-state index contributed by atoms with van der Waals surface area (Å²) in [5.74, 6) is 2.58. The van der Waals surface area contributed by atoms with Crippen molar-refractivity contribution in [3.05, 3.63) is 34.4 Å². The molecule has 0 aliphatic rings. The minimum atomic E-state index is -0.409. The van der Waals surface area contributed by atoms with Crippen LogP contribution in [0.5, 0.6) is 0 Å². The molecule has 0 radical (unpaired) electrons. The van der Waals surface area contributed by atoms with Gasteiger partial charge in [0.1, 0.15) is 0 Å². The van der Waals surface area contributed by atoms with E-state index in [1.165, 1.54) is 12.1 Å². The van der Waals surface area contributed by atoms with E-state index >= 15 is 0 Å². The highest BCUT2D eigenvalue weighted by Gasteiger charge is 2.08. The van der Waals surface area contributed by atoms with Crippen LogP contribution in [0.1, 0.15) is 19.8 Å². The number of non-ortho nitro benzene ring substituents is 1. The summed E-state index contributed by atoms with van der Waals surface area (Å²) >= 11 is 0. The highest BCUT2D eigenvalue weighted by molar-refractivity contribution is 5.51. The average molecular weight is 218 g/mol. The molecule has 1 aromatic rings. The minimum absolute atomic E-state index is 0.0839. The molecule has 0 aliphatic carbocycles. The first-order valence-electron chi connectivity index (χ1n) is 5.11. The van der Waals surface area contributed by atoms with Crippen LogP contribution in [0, 0.1) is 22.5 Å². The van der Waals surface area contributed by atoms with E-state index in [4.69, 9.17) is 6.42 Å². The fourth-order valence-corrected chi connectivity index (χ4v) is 1.38. The van der Waals surface area contributed by atoms with Crippen LogP contribution in [0.2, 0.25) is 0 Å². The van der Waals surface area contributed by atoms with Gasteiger partial charge in [0.05, 0.1) is 4.92 Å². The number of anilines is 1. The summed E-state index contributed by atoms with van der Waals surface area (Å²) in [4.78, 5) is 10.2. The van der Waals surface area contributed by atoms with Gasteiger partial charge in [0.25, 0.3) is 5.69 Å². The molecule has 1 aromatic carbocycles. The molecular weight excluding hydrogens is 204 g/mol. The molecule has 4 heteroatoms. The highest BCUT2D eigenvalue weighted by Crippen LogP contribution is 2.18. The summed E-state index contributed by atoms with van der Waals surface area (Å²) in [7, 11) is 0. The maximum absolute atomic E-state index is 10.6. The molecule has 0 aliphatic heterocycles. The van der Waals surface area contributed by atoms with Crippen molar-refractivity contribution in [2.75, 3.05) is 5.32 Å². The molecule has 1 atom stereocenters. The Morgan fingerprint density at radius 3 is 2.94 bits per heavy atom. The molecule has 0 fully saturated rings. The van der Waals surface area contributed by atoms with Crippen LogP contribution in [0.3, 0.4) is 0 Å². The van der Waals surface area contributed by atoms with Crippen molar-refractivity contribution in [3.63, 3.8) is 0 Å². The van der Waals surface area contributed by atoms with E-state index in [1.807, 2.05) is 6.92 Å². The highest BCUT2D eigenvalue weighted by atomic mass is 16.6. The average Bonchev–Trinajstić information content (AvgIpc) is 2.29. The second-order valence-electron chi connectivity index (χ2n) is 3.47. The Kier molecular flexibility index (Phi) is 4.34. The number of nitrogens with zero attached hydrogens (tertiary/aromatic N) is 1. The van der Waals surface area contributed by atoms with Crippen LogP contribution in [-0.4, -0.2) is 11.0 Å². The second-order valence-corrected chi connectivity index (χ2v) is 3.47. The third kappa shape index (κ3) is 3.28. The first-order valence-corrected chi connectivity index (χ1v) is 5.11. The summed E-state index contributed by atoms with van der Waals surface area (Å²) in [6.07, 6.45) is 6.73. The summed E-state index contributed by atoms with van der Waals surface area (Å²) in [5, 5.41) is 13.8. The number of nitro benzene ring substituents is 1. The second kappa shape index (κ2) is 5.76. The molecule has 4 nitrogen and oxygen atoms in total. The molecular formula is C12H14N2O2. The van der Waals surface area contributed by atoms with Gasteiger partial charge in [0, 0.05) is 30.3 Å². The Hall–Kier alpha value is -2.02. The predicted octanol–water partition coefficient (Wildman–Crippen LogP) is 2.81. The Morgan fingerprint density at radius 2 is 2.38 bits per heavy atom. The number of terminal acetylenes is 1. The van der Waals surface area contributed by atoms with Gasteiger partial charge >= 0.3 is 0 Å². The van der Waals surface area contributed by atoms with E-state index in [1.54, 1.807) is 12.1 Å². The quantitative estimate of drug-likeness (QED) is 0.469. The van der Waals surface area contributed by atoms with Gasteiger partial charge in [-0.05, 0) is 12.5 Å². The zero-order valence-corrected chi connectivity index (χ0v) is 9.14. The van der Waals surface area contributed by atoms with Crippen molar-refractivity contribution < 1.29 is 4.92 Å². The molecule has 0 saturated heterocycles. The normalized spacial score (nSPS) is 11.5. The smallest absolute Gasteiger partial charge is 0.271 e. The van der Waals surface area contributed by atoms with Gasteiger partial charge in [-0.25, -0.2) is 0 Å². The summed E-state index contributed by atoms with van der Waals surface area (Å²) in [6, 6.07) is 6.59. The van der Waals surface area contributed by atoms with Gasteiger partial charge in [-0.2, -0.15) is 0 Å². The molecule has 0 amide bonds. The third-order valence-corrected chi connectivity index (χ3v) is 2.28. The largest absolute Gasteiger partial charge is 0.381 e. The molecule has 0 spiro atoms. The van der Waals surface area contributed by atoms with E-state index in [-0.39, 0.29) is 11.7 Å². The fraction of sp³-hybridized carbons (Fsp3) is 0.333. The van der Waals surface area contributed by atoms with Crippen molar-refractivity contribution in [1.82, 2.24) is 0 Å². The first kappa shape index (κ1) is 12.1. The lowest BCUT2D eigenvalue weighted by molar-refractivity contribution is -0.384. The molecule has 84 valence electrons. The van der Waals surface area contributed by atoms with E-state index in [0.29, 0.717) is 6.42 Å². The molecule has 1 rings (SSSR count). The molecule has 0 heterocycles. The predicted molar refractivity (Wildman–Crippen MR) is 64.2 cm³/mol. The molecule has 0 bridgehead atoms. The van der Waals surface area contributed by atoms with Gasteiger partial charge in [-0.1, -0.05) is 13.0 Å². The maximum Gasteiger partial charge on any atom is 0.271 e. The van der Waals surface area contributed by atoms with Crippen LogP contribution < -0.4 is 5.32 Å². The lowest BCUT2D eigenvalue weighted by Gasteiger charge is -2.15. The van der Waals surface area contributed by atoms with E-state index in [9.17, 15) is 10.1 Å².